The molecule has 0 atom stereocenters. The summed E-state index contributed by atoms with van der Waals surface area (Å²) in [4.78, 5) is 28.7. The smallest absolute Gasteiger partial charge is 0.254 e. The van der Waals surface area contributed by atoms with Gasteiger partial charge in [-0.1, -0.05) is 22.8 Å². The monoisotopic (exact) mass is 497 g/mol. The van der Waals surface area contributed by atoms with Crippen molar-refractivity contribution < 1.29 is 18.5 Å². The average Bonchev–Trinajstić information content (AvgIpc) is 3.38. The Bertz CT molecular complexity index is 1410. The lowest BCUT2D eigenvalue weighted by atomic mass is 10.1. The average molecular weight is 498 g/mol. The van der Waals surface area contributed by atoms with Gasteiger partial charge in [0.2, 0.25) is 11.8 Å². The molecule has 3 aromatic heterocycles. The first-order valence-corrected chi connectivity index (χ1v) is 10.9. The van der Waals surface area contributed by atoms with Gasteiger partial charge >= 0.3 is 0 Å². The molecule has 0 aliphatic heterocycles. The zero-order valence-electron chi connectivity index (χ0n) is 18.8. The number of anilines is 2. The van der Waals surface area contributed by atoms with E-state index in [1.165, 1.54) is 29.1 Å². The number of hydrogen-bond acceptors (Lipinski definition) is 7. The summed E-state index contributed by atoms with van der Waals surface area (Å²) in [5, 5.41) is 11.0. The van der Waals surface area contributed by atoms with E-state index < -0.39 is 11.7 Å². The van der Waals surface area contributed by atoms with E-state index in [1.807, 2.05) is 13.8 Å². The van der Waals surface area contributed by atoms with Gasteiger partial charge in [-0.25, -0.2) is 9.07 Å². The third kappa shape index (κ3) is 4.99. The third-order valence-electron chi connectivity index (χ3n) is 5.09. The first kappa shape index (κ1) is 23.9. The van der Waals surface area contributed by atoms with E-state index in [1.54, 1.807) is 12.1 Å². The van der Waals surface area contributed by atoms with Gasteiger partial charge < -0.3 is 16.0 Å². The highest BCUT2D eigenvalue weighted by Crippen LogP contribution is 2.30. The normalized spacial score (nSPS) is 11.1. The fourth-order valence-electron chi connectivity index (χ4n) is 3.46. The van der Waals surface area contributed by atoms with E-state index in [-0.39, 0.29) is 46.4 Å². The molecule has 4 rings (SSSR count). The molecule has 0 fully saturated rings. The van der Waals surface area contributed by atoms with Gasteiger partial charge in [0.15, 0.2) is 0 Å². The van der Waals surface area contributed by atoms with E-state index >= 15 is 0 Å². The van der Waals surface area contributed by atoms with E-state index in [2.05, 4.69) is 20.6 Å². The molecule has 0 bridgehead atoms. The fraction of sp³-hybridized carbons (Fsp3) is 0.174. The fourth-order valence-corrected chi connectivity index (χ4v) is 3.72. The summed E-state index contributed by atoms with van der Waals surface area (Å²) in [7, 11) is 0. The minimum Gasteiger partial charge on any atom is -0.383 e. The maximum Gasteiger partial charge on any atom is 0.254 e. The van der Waals surface area contributed by atoms with Crippen molar-refractivity contribution in [2.45, 2.75) is 26.3 Å². The molecule has 0 aliphatic carbocycles. The Morgan fingerprint density at radius 3 is 2.60 bits per heavy atom. The van der Waals surface area contributed by atoms with Crippen molar-refractivity contribution >= 4 is 35.1 Å². The number of benzene rings is 1. The van der Waals surface area contributed by atoms with Crippen LogP contribution in [0.5, 0.6) is 0 Å². The lowest BCUT2D eigenvalue weighted by Crippen LogP contribution is -2.15. The van der Waals surface area contributed by atoms with Gasteiger partial charge in [-0.05, 0) is 43.7 Å². The first-order chi connectivity index (χ1) is 16.6. The summed E-state index contributed by atoms with van der Waals surface area (Å²) >= 11 is 6.04. The van der Waals surface area contributed by atoms with Crippen LogP contribution in [0.2, 0.25) is 5.02 Å². The maximum absolute atomic E-state index is 13.3. The molecule has 1 aromatic carbocycles. The molecule has 0 aliphatic rings. The molecule has 5 N–H and O–H groups in total. The Morgan fingerprint density at radius 1 is 1.20 bits per heavy atom. The molecule has 2 amide bonds. The Balaban J connectivity index is 1.46. The number of aromatic nitrogens is 4. The number of rotatable bonds is 7. The summed E-state index contributed by atoms with van der Waals surface area (Å²) in [5.74, 6) is -1.28. The van der Waals surface area contributed by atoms with Gasteiger partial charge in [0.25, 0.3) is 5.91 Å². The summed E-state index contributed by atoms with van der Waals surface area (Å²) in [6, 6.07) is 8.59. The lowest BCUT2D eigenvalue weighted by Gasteiger charge is -2.06. The van der Waals surface area contributed by atoms with Gasteiger partial charge in [-0.3, -0.25) is 19.9 Å². The second-order valence-electron chi connectivity index (χ2n) is 7.99. The predicted molar refractivity (Wildman–Crippen MR) is 128 cm³/mol. The van der Waals surface area contributed by atoms with Crippen LogP contribution < -0.4 is 16.8 Å². The number of nitrogens with two attached hydrogens (primary N) is 2. The van der Waals surface area contributed by atoms with E-state index in [0.717, 1.165) is 6.07 Å². The Morgan fingerprint density at radius 2 is 1.97 bits per heavy atom. The van der Waals surface area contributed by atoms with Crippen LogP contribution in [-0.4, -0.2) is 31.7 Å². The SMILES string of the molecule is CC(C)n1nc(-c2ccc(CC(=O)Nc3cc(-c4ccc(F)cc4Cl)no3)cn2)c(C(N)=O)c1N. The van der Waals surface area contributed by atoms with Gasteiger partial charge in [-0.2, -0.15) is 5.10 Å². The van der Waals surface area contributed by atoms with Gasteiger partial charge in [-0.15, -0.1) is 0 Å². The number of pyridine rings is 1. The molecule has 10 nitrogen and oxygen atoms in total. The molecule has 0 saturated heterocycles. The van der Waals surface area contributed by atoms with Gasteiger partial charge in [0.1, 0.15) is 28.6 Å². The maximum atomic E-state index is 13.3. The quantitative estimate of drug-likeness (QED) is 0.350. The highest BCUT2D eigenvalue weighted by atomic mass is 35.5. The van der Waals surface area contributed by atoms with Crippen LogP contribution in [0.3, 0.4) is 0 Å². The van der Waals surface area contributed by atoms with Crippen LogP contribution in [0.1, 0.15) is 35.8 Å². The van der Waals surface area contributed by atoms with Crippen LogP contribution in [0.4, 0.5) is 16.1 Å². The third-order valence-corrected chi connectivity index (χ3v) is 5.41. The summed E-state index contributed by atoms with van der Waals surface area (Å²) in [5.41, 5.74) is 13.7. The second kappa shape index (κ2) is 9.55. The molecular formula is C23H21ClFN7O3. The number of nitrogens with one attached hydrogen (secondary N) is 1. The van der Waals surface area contributed by atoms with Gasteiger partial charge in [0.05, 0.1) is 17.1 Å². The van der Waals surface area contributed by atoms with Crippen molar-refractivity contribution in [3.63, 3.8) is 0 Å². The molecule has 0 unspecified atom stereocenters. The molecule has 0 radical (unpaired) electrons. The van der Waals surface area contributed by atoms with E-state index in [0.29, 0.717) is 22.5 Å². The zero-order valence-corrected chi connectivity index (χ0v) is 19.5. The Kier molecular flexibility index (Phi) is 6.52. The first-order valence-electron chi connectivity index (χ1n) is 10.5. The summed E-state index contributed by atoms with van der Waals surface area (Å²) < 4.78 is 19.9. The van der Waals surface area contributed by atoms with Crippen molar-refractivity contribution in [3.8, 4) is 22.6 Å². The largest absolute Gasteiger partial charge is 0.383 e. The van der Waals surface area contributed by atoms with Crippen LogP contribution in [0.25, 0.3) is 22.6 Å². The van der Waals surface area contributed by atoms with Crippen molar-refractivity contribution in [2.75, 3.05) is 11.1 Å². The van der Waals surface area contributed by atoms with E-state index in [4.69, 9.17) is 27.6 Å². The molecule has 0 saturated carbocycles. The van der Waals surface area contributed by atoms with Crippen molar-refractivity contribution in [1.29, 1.82) is 0 Å². The number of nitrogen functional groups attached to an aromatic ring is 1. The van der Waals surface area contributed by atoms with Crippen LogP contribution >= 0.6 is 11.6 Å². The molecule has 4 aromatic rings. The zero-order chi connectivity index (χ0) is 25.3. The van der Waals surface area contributed by atoms with Crippen molar-refractivity contribution in [2.24, 2.45) is 5.73 Å². The molecular weight excluding hydrogens is 477 g/mol. The Labute approximate surface area is 204 Å². The number of primary amides is 1. The number of nitrogens with zero attached hydrogens (tertiary/aromatic N) is 4. The number of hydrogen-bond donors (Lipinski definition) is 3. The molecule has 12 heteroatoms. The number of carbonyl (C=O) groups is 2. The van der Waals surface area contributed by atoms with Crippen LogP contribution in [-0.2, 0) is 11.2 Å². The topological polar surface area (TPSA) is 155 Å². The Hall–Kier alpha value is -4.25. The number of carbonyl (C=O) groups excluding carboxylic acids is 2. The van der Waals surface area contributed by atoms with Crippen molar-refractivity contribution in [3.05, 3.63) is 64.6 Å². The van der Waals surface area contributed by atoms with Crippen LogP contribution in [0, 0.1) is 5.82 Å². The van der Waals surface area contributed by atoms with Crippen LogP contribution in [0.15, 0.2) is 47.1 Å². The molecule has 180 valence electrons. The second-order valence-corrected chi connectivity index (χ2v) is 8.40. The minimum absolute atomic E-state index is 0.00807. The number of halogens is 2. The highest BCUT2D eigenvalue weighted by molar-refractivity contribution is 6.33. The standard InChI is InChI=1S/C23H21ClFN7O3/c1-11(2)32-22(26)20(23(27)34)21(30-32)16-6-3-12(10-28-16)7-18(33)29-19-9-17(31-35-19)14-5-4-13(25)8-15(14)24/h3-6,8-11H,7,26H2,1-2H3,(H2,27,34)(H,29,33). The van der Waals surface area contributed by atoms with E-state index in [9.17, 15) is 14.0 Å². The summed E-state index contributed by atoms with van der Waals surface area (Å²) in [6.45, 7) is 3.75. The van der Waals surface area contributed by atoms with Gasteiger partial charge in [0, 0.05) is 23.9 Å². The molecule has 35 heavy (non-hydrogen) atoms. The number of amides is 2. The lowest BCUT2D eigenvalue weighted by molar-refractivity contribution is -0.115. The molecule has 0 spiro atoms. The summed E-state index contributed by atoms with van der Waals surface area (Å²) in [6.07, 6.45) is 1.49. The minimum atomic E-state index is -0.706. The van der Waals surface area contributed by atoms with Crippen molar-refractivity contribution in [1.82, 2.24) is 19.9 Å². The highest BCUT2D eigenvalue weighted by Gasteiger charge is 2.23. The molecule has 3 heterocycles. The predicted octanol–water partition coefficient (Wildman–Crippen LogP) is 3.84.